The van der Waals surface area contributed by atoms with Gasteiger partial charge in [-0.3, -0.25) is 0 Å². The van der Waals surface area contributed by atoms with E-state index in [2.05, 4.69) is 267 Å². The molecule has 1 heteroatoms. The molecule has 336 valence electrons. The van der Waals surface area contributed by atoms with Crippen LogP contribution in [0.2, 0.25) is 0 Å². The first-order valence-corrected chi connectivity index (χ1v) is 25.5. The zero-order chi connectivity index (χ0) is 47.5. The summed E-state index contributed by atoms with van der Waals surface area (Å²) in [6.07, 6.45) is 0. The molecule has 0 saturated carbocycles. The van der Waals surface area contributed by atoms with Crippen LogP contribution in [-0.2, 0) is 16.2 Å². The van der Waals surface area contributed by atoms with Crippen molar-refractivity contribution in [2.45, 2.75) is 30.1 Å². The van der Waals surface area contributed by atoms with E-state index in [1.165, 1.54) is 122 Å². The van der Waals surface area contributed by atoms with Crippen molar-refractivity contribution in [3.05, 3.63) is 304 Å². The Morgan fingerprint density at radius 1 is 0.222 bits per heavy atom. The fourth-order valence-electron chi connectivity index (χ4n) is 14.6. The first-order valence-electron chi connectivity index (χ1n) is 25.5. The molecule has 0 aliphatic heterocycles. The van der Waals surface area contributed by atoms with Crippen LogP contribution in [0.1, 0.15) is 69.5 Å². The number of hydrogen-bond acceptors (Lipinski definition) is 1. The number of rotatable bonds is 4. The molecule has 5 aliphatic carbocycles. The molecule has 0 fully saturated rings. The largest absolute Gasteiger partial charge is 0.310 e. The van der Waals surface area contributed by atoms with Gasteiger partial charge in [-0.05, 0) is 165 Å². The number of nitrogens with zero attached hydrogens (tertiary/aromatic N) is 1. The van der Waals surface area contributed by atoms with Crippen molar-refractivity contribution in [1.82, 2.24) is 0 Å². The molecule has 0 amide bonds. The van der Waals surface area contributed by atoms with Crippen molar-refractivity contribution in [3.63, 3.8) is 0 Å². The van der Waals surface area contributed by atoms with Crippen LogP contribution in [0.3, 0.4) is 0 Å². The molecule has 0 N–H and O–H groups in total. The van der Waals surface area contributed by atoms with Gasteiger partial charge in [-0.2, -0.15) is 0 Å². The first-order chi connectivity index (χ1) is 35.5. The molecular weight excluding hydrogens is 867 g/mol. The second-order valence-corrected chi connectivity index (χ2v) is 21.0. The van der Waals surface area contributed by atoms with Crippen LogP contribution >= 0.6 is 0 Å². The number of hydrogen-bond donors (Lipinski definition) is 0. The zero-order valence-corrected chi connectivity index (χ0v) is 40.1. The van der Waals surface area contributed by atoms with E-state index < -0.39 is 10.8 Å². The van der Waals surface area contributed by atoms with Gasteiger partial charge in [0.15, 0.2) is 0 Å². The third kappa shape index (κ3) is 4.88. The van der Waals surface area contributed by atoms with E-state index >= 15 is 0 Å². The smallest absolute Gasteiger partial charge is 0.0726 e. The van der Waals surface area contributed by atoms with E-state index in [1.54, 1.807) is 0 Å². The van der Waals surface area contributed by atoms with Crippen LogP contribution in [0, 0.1) is 0 Å². The Kier molecular flexibility index (Phi) is 7.88. The fourth-order valence-corrected chi connectivity index (χ4v) is 14.6. The van der Waals surface area contributed by atoms with Crippen LogP contribution in [0.5, 0.6) is 0 Å². The molecule has 5 aliphatic rings. The molecule has 16 rings (SSSR count). The second-order valence-electron chi connectivity index (χ2n) is 21.0. The minimum atomic E-state index is -0.466. The summed E-state index contributed by atoms with van der Waals surface area (Å²) in [6, 6.07) is 94.7. The topological polar surface area (TPSA) is 3.24 Å². The monoisotopic (exact) mass is 913 g/mol. The predicted molar refractivity (Wildman–Crippen MR) is 297 cm³/mol. The molecular formula is C71H47N. The van der Waals surface area contributed by atoms with Gasteiger partial charge in [0, 0.05) is 22.5 Å². The lowest BCUT2D eigenvalue weighted by atomic mass is 9.70. The lowest BCUT2D eigenvalue weighted by molar-refractivity contribution is 0.660. The Hall–Kier alpha value is -8.78. The van der Waals surface area contributed by atoms with E-state index in [-0.39, 0.29) is 5.41 Å². The van der Waals surface area contributed by atoms with Crippen LogP contribution in [0.4, 0.5) is 17.1 Å². The molecule has 11 aromatic rings. The van der Waals surface area contributed by atoms with Gasteiger partial charge < -0.3 is 4.90 Å². The van der Waals surface area contributed by atoms with Crippen molar-refractivity contribution < 1.29 is 0 Å². The summed E-state index contributed by atoms with van der Waals surface area (Å²) in [4.78, 5) is 2.53. The summed E-state index contributed by atoms with van der Waals surface area (Å²) in [6.45, 7) is 4.74. The molecule has 0 radical (unpaired) electrons. The molecule has 0 saturated heterocycles. The van der Waals surface area contributed by atoms with E-state index in [0.29, 0.717) is 0 Å². The second kappa shape index (κ2) is 14.2. The Bertz CT molecular complexity index is 3830. The van der Waals surface area contributed by atoms with E-state index in [1.807, 2.05) is 0 Å². The summed E-state index contributed by atoms with van der Waals surface area (Å²) >= 11 is 0. The van der Waals surface area contributed by atoms with E-state index in [0.717, 1.165) is 17.1 Å². The Labute approximate surface area is 421 Å². The summed E-state index contributed by atoms with van der Waals surface area (Å²) in [5, 5.41) is 0. The predicted octanol–water partition coefficient (Wildman–Crippen LogP) is 17.8. The Morgan fingerprint density at radius 2 is 0.500 bits per heavy atom. The minimum Gasteiger partial charge on any atom is -0.310 e. The maximum atomic E-state index is 2.53. The summed E-state index contributed by atoms with van der Waals surface area (Å²) in [7, 11) is 0. The SMILES string of the molecule is CC1(C)c2ccccc2-c2ccc(-c3ccc(N(c4ccc5c(c4)C4(c6ccccc6-c6ccccc64)c4ccccc4-5)c4ccc5c(c4)C4(c6ccccc6-c6ccccc64)c4ccccc4-5)cc3)cc21. The van der Waals surface area contributed by atoms with Gasteiger partial charge in [0.05, 0.1) is 10.8 Å². The number of anilines is 3. The molecule has 0 atom stereocenters. The Balaban J connectivity index is 0.924. The van der Waals surface area contributed by atoms with Crippen molar-refractivity contribution in [2.24, 2.45) is 0 Å². The minimum absolute atomic E-state index is 0.0749. The zero-order valence-electron chi connectivity index (χ0n) is 40.1. The molecule has 0 aromatic heterocycles. The van der Waals surface area contributed by atoms with Crippen LogP contribution in [-0.4, -0.2) is 0 Å². The third-order valence-electron chi connectivity index (χ3n) is 17.5. The molecule has 2 spiro atoms. The molecule has 1 nitrogen and oxygen atoms in total. The quantitative estimate of drug-likeness (QED) is 0.170. The summed E-state index contributed by atoms with van der Waals surface area (Å²) < 4.78 is 0. The number of benzene rings is 11. The van der Waals surface area contributed by atoms with Gasteiger partial charge in [-0.25, -0.2) is 0 Å². The highest BCUT2D eigenvalue weighted by Crippen LogP contribution is 2.65. The lowest BCUT2D eigenvalue weighted by Gasteiger charge is -2.33. The Morgan fingerprint density at radius 3 is 0.889 bits per heavy atom. The molecule has 0 bridgehead atoms. The van der Waals surface area contributed by atoms with Gasteiger partial charge in [-0.15, -0.1) is 0 Å². The molecule has 11 aromatic carbocycles. The van der Waals surface area contributed by atoms with Gasteiger partial charge in [0.25, 0.3) is 0 Å². The van der Waals surface area contributed by atoms with E-state index in [4.69, 9.17) is 0 Å². The van der Waals surface area contributed by atoms with Crippen molar-refractivity contribution in [1.29, 1.82) is 0 Å². The first kappa shape index (κ1) is 40.0. The van der Waals surface area contributed by atoms with Gasteiger partial charge in [0.2, 0.25) is 0 Å². The van der Waals surface area contributed by atoms with Gasteiger partial charge >= 0.3 is 0 Å². The average molecular weight is 914 g/mol. The van der Waals surface area contributed by atoms with Gasteiger partial charge in [0.1, 0.15) is 0 Å². The highest BCUT2D eigenvalue weighted by molar-refractivity contribution is 5.99. The average Bonchev–Trinajstić information content (AvgIpc) is 4.17. The maximum absolute atomic E-state index is 2.53. The maximum Gasteiger partial charge on any atom is 0.0726 e. The van der Waals surface area contributed by atoms with E-state index in [9.17, 15) is 0 Å². The molecule has 0 heterocycles. The lowest BCUT2D eigenvalue weighted by Crippen LogP contribution is -2.26. The molecule has 0 unspecified atom stereocenters. The standard InChI is InChI=1S/C71H47N/c1-69(2)59-24-10-3-17-49(59)56-38-33-45(41-66(56)69)44-31-34-46(35-32-44)72(47-36-39-57-54-22-8-15-29-64(54)70(67(57)42-47)60-25-11-4-18-50(60)51-19-5-12-26-61(51)70)48-37-40-58-55-23-9-16-30-65(55)71(68(58)43-48)62-27-13-6-20-52(62)53-21-7-14-28-63(53)71/h3-43H,1-2H3. The fraction of sp³-hybridized carbons (Fsp3) is 0.0704. The summed E-state index contributed by atoms with van der Waals surface area (Å²) in [5.74, 6) is 0. The van der Waals surface area contributed by atoms with Crippen molar-refractivity contribution in [2.75, 3.05) is 4.90 Å². The van der Waals surface area contributed by atoms with Crippen LogP contribution in [0.25, 0.3) is 66.8 Å². The van der Waals surface area contributed by atoms with Crippen molar-refractivity contribution >= 4 is 17.1 Å². The van der Waals surface area contributed by atoms with Gasteiger partial charge in [-0.1, -0.05) is 220 Å². The van der Waals surface area contributed by atoms with Crippen molar-refractivity contribution in [3.8, 4) is 66.8 Å². The molecule has 72 heavy (non-hydrogen) atoms. The number of fused-ring (bicyclic) bond motifs is 23. The van der Waals surface area contributed by atoms with Crippen LogP contribution in [0.15, 0.2) is 249 Å². The highest BCUT2D eigenvalue weighted by atomic mass is 15.1. The highest BCUT2D eigenvalue weighted by Gasteiger charge is 2.53. The third-order valence-corrected chi connectivity index (χ3v) is 17.5. The van der Waals surface area contributed by atoms with Crippen LogP contribution < -0.4 is 4.90 Å². The normalized spacial score (nSPS) is 15.1. The summed E-state index contributed by atoms with van der Waals surface area (Å²) in [5.41, 5.74) is 31.5.